The molecule has 8 rings (SSSR count). The van der Waals surface area contributed by atoms with Gasteiger partial charge >= 0.3 is 11.9 Å². The zero-order valence-electron chi connectivity index (χ0n) is 44.7. The summed E-state index contributed by atoms with van der Waals surface area (Å²) in [6.45, 7) is 15.0. The monoisotopic (exact) mass is 1090 g/mol. The highest BCUT2D eigenvalue weighted by molar-refractivity contribution is 5.87. The second-order valence-corrected chi connectivity index (χ2v) is 25.1. The lowest BCUT2D eigenvalue weighted by atomic mass is 9.32. The zero-order valence-corrected chi connectivity index (χ0v) is 44.7. The maximum absolute atomic E-state index is 13.2. The summed E-state index contributed by atoms with van der Waals surface area (Å²) in [5.74, 6) is -3.23. The van der Waals surface area contributed by atoms with Crippen molar-refractivity contribution in [1.29, 1.82) is 0 Å². The highest BCUT2D eigenvalue weighted by Gasteiger charge is 2.76. The number of hydrogen-bond donors (Lipinski definition) is 14. The van der Waals surface area contributed by atoms with Crippen molar-refractivity contribution in [1.82, 2.24) is 0 Å². The van der Waals surface area contributed by atoms with Gasteiger partial charge in [-0.25, -0.2) is 9.59 Å². The Morgan fingerprint density at radius 3 is 1.76 bits per heavy atom. The molecule has 0 aromatic heterocycles. The molecule has 76 heavy (non-hydrogen) atoms. The summed E-state index contributed by atoms with van der Waals surface area (Å²) < 4.78 is 42.3. The fraction of sp³-hybridized carbons (Fsp3) is 0.887. The molecule has 0 bridgehead atoms. The molecule has 0 unspecified atom stereocenters. The standard InChI is InChI=1S/C53H84O23/c1-10-21(2)44(69)76-42-41(66)53(20-56)23(17-48(42,3)4)22-11-12-27-50(7)15-14-28(49(5,6)26(50)13-16-51(27,8)52(22,9)39(64)40(53)65)72-47-38(75-46-34(62)32(60)30(58)25(19-55)71-46)36(35(63)37(74-47)43(67)68)73-45-33(61)31(59)29(57)24(18-54)70-45/h10-11,23-42,45-47,54-66H,12-20H2,1-9H3,(H,67,68)/b21-10-/t23-,24+,25+,26-,27+,28-,29-,30-,31-,32-,33+,34+,35-,36-,37-,38+,39-,40+,41-,42-,45-,46-,47+,50-,51+,52-,53-/m0/s1. The molecule has 14 N–H and O–H groups in total. The molecule has 23 heteroatoms. The molecule has 434 valence electrons. The van der Waals surface area contributed by atoms with Gasteiger partial charge in [0.25, 0.3) is 0 Å². The van der Waals surface area contributed by atoms with Crippen LogP contribution in [0.2, 0.25) is 0 Å². The van der Waals surface area contributed by atoms with Crippen molar-refractivity contribution in [3.63, 3.8) is 0 Å². The number of aliphatic hydroxyl groups is 13. The number of rotatable bonds is 12. The van der Waals surface area contributed by atoms with E-state index in [0.717, 1.165) is 5.57 Å². The number of ether oxygens (including phenoxy) is 7. The van der Waals surface area contributed by atoms with Gasteiger partial charge < -0.3 is 105 Å². The van der Waals surface area contributed by atoms with E-state index in [0.29, 0.717) is 44.1 Å². The number of carboxylic acids is 1. The summed E-state index contributed by atoms with van der Waals surface area (Å²) in [6, 6.07) is 0. The van der Waals surface area contributed by atoms with Crippen molar-refractivity contribution in [3.8, 4) is 0 Å². The van der Waals surface area contributed by atoms with Crippen LogP contribution in [0.25, 0.3) is 0 Å². The van der Waals surface area contributed by atoms with Crippen LogP contribution in [0.4, 0.5) is 0 Å². The molecule has 3 saturated heterocycles. The minimum absolute atomic E-state index is 0.133. The molecule has 0 spiro atoms. The van der Waals surface area contributed by atoms with Crippen LogP contribution in [-0.2, 0) is 42.7 Å². The van der Waals surface area contributed by atoms with E-state index in [4.69, 9.17) is 33.2 Å². The van der Waals surface area contributed by atoms with Gasteiger partial charge in [0, 0.05) is 16.4 Å². The van der Waals surface area contributed by atoms with Crippen molar-refractivity contribution in [2.24, 2.45) is 50.2 Å². The van der Waals surface area contributed by atoms with Crippen LogP contribution in [0.15, 0.2) is 23.3 Å². The first-order valence-corrected chi connectivity index (χ1v) is 26.7. The molecule has 0 radical (unpaired) electrons. The second-order valence-electron chi connectivity index (χ2n) is 25.1. The Balaban J connectivity index is 1.12. The minimum Gasteiger partial charge on any atom is -0.479 e. The van der Waals surface area contributed by atoms with Crippen LogP contribution < -0.4 is 0 Å². The van der Waals surface area contributed by atoms with Crippen molar-refractivity contribution in [2.75, 3.05) is 19.8 Å². The zero-order chi connectivity index (χ0) is 56.3. The minimum atomic E-state index is -2.19. The van der Waals surface area contributed by atoms with Crippen molar-refractivity contribution in [3.05, 3.63) is 23.3 Å². The van der Waals surface area contributed by atoms with Gasteiger partial charge in [-0.15, -0.1) is 0 Å². The first kappa shape index (κ1) is 59.8. The van der Waals surface area contributed by atoms with Crippen molar-refractivity contribution in [2.45, 2.75) is 223 Å². The third-order valence-electron chi connectivity index (χ3n) is 20.8. The molecule has 4 saturated carbocycles. The van der Waals surface area contributed by atoms with Gasteiger partial charge in [-0.05, 0) is 86.4 Å². The van der Waals surface area contributed by atoms with E-state index in [1.165, 1.54) is 0 Å². The topological polar surface area (TPSA) is 382 Å². The molecule has 3 heterocycles. The van der Waals surface area contributed by atoms with Crippen LogP contribution in [0, 0.1) is 50.2 Å². The van der Waals surface area contributed by atoms with Gasteiger partial charge in [-0.1, -0.05) is 66.2 Å². The Bertz CT molecular complexity index is 2190. The van der Waals surface area contributed by atoms with Crippen LogP contribution in [0.5, 0.6) is 0 Å². The Morgan fingerprint density at radius 2 is 1.24 bits per heavy atom. The summed E-state index contributed by atoms with van der Waals surface area (Å²) in [6.07, 6.45) is -28.6. The lowest BCUT2D eigenvalue weighted by Gasteiger charge is -2.73. The van der Waals surface area contributed by atoms with E-state index in [-0.39, 0.29) is 11.8 Å². The van der Waals surface area contributed by atoms with Crippen LogP contribution in [0.3, 0.4) is 0 Å². The number of carboxylic acid groups (broad SMARTS) is 1. The first-order chi connectivity index (χ1) is 35.4. The summed E-state index contributed by atoms with van der Waals surface area (Å²) in [5.41, 5.74) is -4.44. The molecule has 23 nitrogen and oxygen atoms in total. The van der Waals surface area contributed by atoms with Crippen molar-refractivity contribution < 1.29 is 114 Å². The summed E-state index contributed by atoms with van der Waals surface area (Å²) in [7, 11) is 0. The fourth-order valence-corrected chi connectivity index (χ4v) is 16.0. The SMILES string of the molecule is C/C=C(/C)C(=O)O[C@H]1[C@H](O)[C@]2(CO)[C@H](O)[C@H](O)[C@]3(C)C(=CC[C@@H]4[C@@]5(C)CC[C@H](O[C@@H]6O[C@H](C(=O)O)[C@@H](O)[C@H](O[C@@H]7O[C@H](CO)[C@H](O)[C@H](O)[C@H]7O)[C@H]6O[C@@H]6O[C@H](CO)[C@H](O)[C@H](O)[C@H]6O)C(C)(C)[C@@H]5CC[C@]43C)[C@@H]2CC1(C)C. The Labute approximate surface area is 442 Å². The van der Waals surface area contributed by atoms with Gasteiger partial charge in [-0.3, -0.25) is 0 Å². The smallest absolute Gasteiger partial charge is 0.335 e. The highest BCUT2D eigenvalue weighted by Crippen LogP contribution is 2.76. The van der Waals surface area contributed by atoms with E-state index in [1.807, 2.05) is 34.6 Å². The number of allylic oxidation sites excluding steroid dienone is 2. The molecule has 7 fully saturated rings. The van der Waals surface area contributed by atoms with Gasteiger partial charge in [0.05, 0.1) is 43.5 Å². The average molecular weight is 1090 g/mol. The Hall–Kier alpha value is -2.34. The lowest BCUT2D eigenvalue weighted by Crippen LogP contribution is -2.76. The number of aliphatic carboxylic acids is 1. The molecule has 0 amide bonds. The number of hydrogen-bond acceptors (Lipinski definition) is 22. The van der Waals surface area contributed by atoms with E-state index in [9.17, 15) is 81.1 Å². The summed E-state index contributed by atoms with van der Waals surface area (Å²) in [5, 5.41) is 156. The molecule has 3 aliphatic heterocycles. The number of carbonyl (C=O) groups excluding carboxylic acids is 1. The van der Waals surface area contributed by atoms with Crippen LogP contribution >= 0.6 is 0 Å². The van der Waals surface area contributed by atoms with Gasteiger partial charge in [0.1, 0.15) is 79.4 Å². The average Bonchev–Trinajstić information content (AvgIpc) is 3.38. The quantitative estimate of drug-likeness (QED) is 0.0440. The number of fused-ring (bicyclic) bond motifs is 7. The van der Waals surface area contributed by atoms with Crippen molar-refractivity contribution >= 4 is 11.9 Å². The third-order valence-corrected chi connectivity index (χ3v) is 20.8. The maximum atomic E-state index is 13.2. The molecule has 0 aromatic rings. The maximum Gasteiger partial charge on any atom is 0.335 e. The van der Waals surface area contributed by atoms with Crippen LogP contribution in [-0.4, -0.2) is 226 Å². The molecular formula is C53H84O23. The van der Waals surface area contributed by atoms with Gasteiger partial charge in [0.2, 0.25) is 0 Å². The fourth-order valence-electron chi connectivity index (χ4n) is 16.0. The Kier molecular flexibility index (Phi) is 16.7. The molecule has 8 aliphatic rings. The largest absolute Gasteiger partial charge is 0.479 e. The molecule has 5 aliphatic carbocycles. The summed E-state index contributed by atoms with van der Waals surface area (Å²) in [4.78, 5) is 26.1. The second kappa shape index (κ2) is 21.2. The van der Waals surface area contributed by atoms with E-state index in [1.54, 1.807) is 19.9 Å². The van der Waals surface area contributed by atoms with E-state index in [2.05, 4.69) is 19.9 Å². The van der Waals surface area contributed by atoms with Crippen LogP contribution in [0.1, 0.15) is 101 Å². The number of aliphatic hydroxyl groups excluding tert-OH is 13. The molecular weight excluding hydrogens is 1000 g/mol. The number of esters is 1. The molecule has 0 aromatic carbocycles. The summed E-state index contributed by atoms with van der Waals surface area (Å²) >= 11 is 0. The third kappa shape index (κ3) is 8.98. The lowest BCUT2D eigenvalue weighted by molar-refractivity contribution is -0.396. The predicted molar refractivity (Wildman–Crippen MR) is 259 cm³/mol. The number of carbonyl (C=O) groups is 2. The van der Waals surface area contributed by atoms with Gasteiger partial charge in [-0.2, -0.15) is 0 Å². The van der Waals surface area contributed by atoms with Gasteiger partial charge in [0.15, 0.2) is 25.0 Å². The Morgan fingerprint density at radius 1 is 0.671 bits per heavy atom. The van der Waals surface area contributed by atoms with E-state index < -0.39 is 193 Å². The van der Waals surface area contributed by atoms with E-state index >= 15 is 0 Å². The molecule has 27 atom stereocenters. The highest BCUT2D eigenvalue weighted by atomic mass is 16.8. The normalized spacial score (nSPS) is 52.0. The predicted octanol–water partition coefficient (Wildman–Crippen LogP) is -1.89. The first-order valence-electron chi connectivity index (χ1n) is 26.7.